The Morgan fingerprint density at radius 3 is 1.14 bits per heavy atom. The number of hydrogen-bond donors (Lipinski definition) is 0. The molecule has 3 saturated carbocycles. The van der Waals surface area contributed by atoms with Gasteiger partial charge in [-0.3, -0.25) is 0 Å². The van der Waals surface area contributed by atoms with Gasteiger partial charge in [0.05, 0.1) is 0 Å². The Hall–Kier alpha value is -0.790. The number of ether oxygens (including phenoxy) is 1. The molecule has 0 aromatic rings. The van der Waals surface area contributed by atoms with E-state index >= 15 is 0 Å². The van der Waals surface area contributed by atoms with E-state index in [1.165, 1.54) is 166 Å². The molecule has 3 rings (SSSR count). The normalized spacial score (nSPS) is 25.4. The monoisotopic (exact) mass is 500 g/mol. The van der Waals surface area contributed by atoms with Gasteiger partial charge in [-0.25, -0.2) is 4.79 Å². The van der Waals surface area contributed by atoms with Gasteiger partial charge in [-0.2, -0.15) is 0 Å². The molecule has 3 aliphatic rings. The van der Waals surface area contributed by atoms with Crippen LogP contribution in [0.3, 0.4) is 0 Å². The molecular weight excluding hydrogens is 440 g/mol. The van der Waals surface area contributed by atoms with Crippen LogP contribution < -0.4 is 0 Å². The van der Waals surface area contributed by atoms with Crippen molar-refractivity contribution in [1.29, 1.82) is 0 Å². The maximum absolute atomic E-state index is 14.1. The number of carbonyl (C=O) groups excluding carboxylic acids is 1. The average molecular weight is 501 g/mol. The Labute approximate surface area is 224 Å². The second-order valence-electron chi connectivity index (χ2n) is 12.7. The first-order valence-corrected chi connectivity index (χ1v) is 16.7. The van der Waals surface area contributed by atoms with Crippen molar-refractivity contribution < 1.29 is 9.53 Å². The number of rotatable bonds is 4. The van der Waals surface area contributed by atoms with E-state index in [9.17, 15) is 4.79 Å². The van der Waals surface area contributed by atoms with Gasteiger partial charge in [0.15, 0.2) is 0 Å². The Morgan fingerprint density at radius 1 is 0.444 bits per heavy atom. The van der Waals surface area contributed by atoms with Crippen molar-refractivity contribution in [2.75, 3.05) is 0 Å². The van der Waals surface area contributed by atoms with Crippen LogP contribution >= 0.6 is 0 Å². The van der Waals surface area contributed by atoms with Crippen LogP contribution in [-0.2, 0) is 9.53 Å². The maximum Gasteiger partial charge on any atom is 0.334 e. The summed E-state index contributed by atoms with van der Waals surface area (Å²) in [5, 5.41) is 0. The van der Waals surface area contributed by atoms with Gasteiger partial charge in [0.25, 0.3) is 0 Å². The number of hydrogen-bond acceptors (Lipinski definition) is 2. The van der Waals surface area contributed by atoms with Gasteiger partial charge in [-0.05, 0) is 70.1 Å². The van der Waals surface area contributed by atoms with E-state index in [0.29, 0.717) is 11.8 Å². The van der Waals surface area contributed by atoms with Gasteiger partial charge >= 0.3 is 5.97 Å². The highest BCUT2D eigenvalue weighted by atomic mass is 16.5. The van der Waals surface area contributed by atoms with E-state index in [4.69, 9.17) is 4.74 Å². The van der Waals surface area contributed by atoms with E-state index in [-0.39, 0.29) is 12.1 Å². The lowest BCUT2D eigenvalue weighted by Crippen LogP contribution is -2.26. The molecule has 0 aliphatic heterocycles. The lowest BCUT2D eigenvalue weighted by atomic mass is 9.79. The summed E-state index contributed by atoms with van der Waals surface area (Å²) in [7, 11) is 0. The zero-order chi connectivity index (χ0) is 25.3. The summed E-state index contributed by atoms with van der Waals surface area (Å²) >= 11 is 0. The van der Waals surface area contributed by atoms with Crippen molar-refractivity contribution in [3.05, 3.63) is 11.1 Å². The second-order valence-corrected chi connectivity index (χ2v) is 12.7. The van der Waals surface area contributed by atoms with Crippen molar-refractivity contribution in [3.63, 3.8) is 0 Å². The fourth-order valence-electron chi connectivity index (χ4n) is 7.32. The fourth-order valence-corrected chi connectivity index (χ4v) is 7.32. The molecule has 3 fully saturated rings. The molecule has 2 heteroatoms. The van der Waals surface area contributed by atoms with Crippen LogP contribution in [0.15, 0.2) is 11.1 Å². The van der Waals surface area contributed by atoms with Crippen molar-refractivity contribution in [1.82, 2.24) is 0 Å². The molecule has 3 aliphatic carbocycles. The Kier molecular flexibility index (Phi) is 15.3. The molecule has 208 valence electrons. The summed E-state index contributed by atoms with van der Waals surface area (Å²) in [6.45, 7) is 2.35. The molecule has 0 N–H and O–H groups in total. The Bertz CT molecular complexity index is 591. The van der Waals surface area contributed by atoms with Gasteiger partial charge in [0.1, 0.15) is 6.10 Å². The summed E-state index contributed by atoms with van der Waals surface area (Å²) in [4.78, 5) is 14.1. The van der Waals surface area contributed by atoms with Crippen LogP contribution in [0.4, 0.5) is 0 Å². The first kappa shape index (κ1) is 29.8. The molecule has 0 heterocycles. The van der Waals surface area contributed by atoms with Crippen LogP contribution in [0.1, 0.15) is 180 Å². The summed E-state index contributed by atoms with van der Waals surface area (Å²) in [5.74, 6) is 1.10. The molecule has 0 aromatic heterocycles. The smallest absolute Gasteiger partial charge is 0.334 e. The average Bonchev–Trinajstić information content (AvgIpc) is 2.90. The topological polar surface area (TPSA) is 26.3 Å². The molecule has 0 bridgehead atoms. The van der Waals surface area contributed by atoms with Crippen LogP contribution in [0.5, 0.6) is 0 Å². The molecule has 2 nitrogen and oxygen atoms in total. The minimum absolute atomic E-state index is 0.0914. The fraction of sp³-hybridized carbons (Fsp3) is 0.912. The minimum Gasteiger partial charge on any atom is -0.459 e. The largest absolute Gasteiger partial charge is 0.459 e. The zero-order valence-corrected chi connectivity index (χ0v) is 24.1. The van der Waals surface area contributed by atoms with E-state index in [0.717, 1.165) is 18.4 Å². The highest BCUT2D eigenvalue weighted by Gasteiger charge is 2.29. The number of allylic oxidation sites excluding steroid dienone is 1. The van der Waals surface area contributed by atoms with Crippen molar-refractivity contribution >= 4 is 5.97 Å². The molecular formula is C34H60O2. The Morgan fingerprint density at radius 2 is 0.750 bits per heavy atom. The minimum atomic E-state index is 0.0914. The Balaban J connectivity index is 1.80. The van der Waals surface area contributed by atoms with Crippen molar-refractivity contribution in [2.24, 2.45) is 11.8 Å². The van der Waals surface area contributed by atoms with Crippen LogP contribution in [-0.4, -0.2) is 12.1 Å². The number of carbonyl (C=O) groups is 1. The SMILES string of the molecule is CC(=C(C(=O)OC1CCCCCCCCC1)C1CCCCCCCCC1)C1CCCCCCCCC1. The molecule has 0 atom stereocenters. The molecule has 0 amide bonds. The molecule has 0 saturated heterocycles. The van der Waals surface area contributed by atoms with Gasteiger partial charge in [0.2, 0.25) is 0 Å². The van der Waals surface area contributed by atoms with Crippen molar-refractivity contribution in [3.8, 4) is 0 Å². The third-order valence-electron chi connectivity index (χ3n) is 9.70. The summed E-state index contributed by atoms with van der Waals surface area (Å²) in [6.07, 6.45) is 35.4. The lowest BCUT2D eigenvalue weighted by molar-refractivity contribution is -0.146. The highest BCUT2D eigenvalue weighted by molar-refractivity contribution is 5.90. The third-order valence-corrected chi connectivity index (χ3v) is 9.70. The highest BCUT2D eigenvalue weighted by Crippen LogP contribution is 2.36. The van der Waals surface area contributed by atoms with E-state index in [2.05, 4.69) is 6.92 Å². The second kappa shape index (κ2) is 18.5. The molecule has 0 unspecified atom stereocenters. The predicted molar refractivity (Wildman–Crippen MR) is 154 cm³/mol. The number of esters is 1. The van der Waals surface area contributed by atoms with E-state index < -0.39 is 0 Å². The van der Waals surface area contributed by atoms with Crippen LogP contribution in [0.2, 0.25) is 0 Å². The summed E-state index contributed by atoms with van der Waals surface area (Å²) in [6, 6.07) is 0. The predicted octanol–water partition coefficient (Wildman–Crippen LogP) is 11.0. The van der Waals surface area contributed by atoms with Crippen molar-refractivity contribution in [2.45, 2.75) is 186 Å². The molecule has 0 aromatic carbocycles. The standard InChI is InChI=1S/C34H60O2/c1-29(30-23-17-11-5-2-6-12-18-24-30)33(31-25-19-13-7-3-8-14-20-26-31)34(35)36-32-27-21-15-9-4-10-16-22-28-32/h30-32H,2-28H2,1H3. The lowest BCUT2D eigenvalue weighted by Gasteiger charge is -2.29. The first-order valence-electron chi connectivity index (χ1n) is 16.7. The third kappa shape index (κ3) is 11.3. The van der Waals surface area contributed by atoms with Crippen LogP contribution in [0, 0.1) is 11.8 Å². The van der Waals surface area contributed by atoms with Gasteiger partial charge < -0.3 is 4.74 Å². The first-order chi connectivity index (χ1) is 17.8. The summed E-state index contributed by atoms with van der Waals surface area (Å²) < 4.78 is 6.48. The summed E-state index contributed by atoms with van der Waals surface area (Å²) in [5.41, 5.74) is 2.58. The van der Waals surface area contributed by atoms with E-state index in [1.54, 1.807) is 0 Å². The zero-order valence-electron chi connectivity index (χ0n) is 24.1. The molecule has 0 spiro atoms. The molecule has 0 radical (unpaired) electrons. The van der Waals surface area contributed by atoms with Gasteiger partial charge in [-0.15, -0.1) is 0 Å². The maximum atomic E-state index is 14.1. The van der Waals surface area contributed by atoms with Gasteiger partial charge in [-0.1, -0.05) is 128 Å². The quantitative estimate of drug-likeness (QED) is 0.283. The van der Waals surface area contributed by atoms with Crippen LogP contribution in [0.25, 0.3) is 0 Å². The molecule has 36 heavy (non-hydrogen) atoms. The van der Waals surface area contributed by atoms with E-state index in [1.807, 2.05) is 0 Å². The van der Waals surface area contributed by atoms with Gasteiger partial charge in [0, 0.05) is 5.57 Å².